The number of hydrogen-bond acceptors (Lipinski definition) is 3. The standard InChI is InChI=1S/C20H19BF4N2O2/c1-18(2)19(3,4)29-21(28-18)12-6-7-13(14(22)10-12)17-26-15-8-5-11(20(23,24)25)9-16(15)27-17/h5-10H,1-4H3,(H,26,27). The van der Waals surface area contributed by atoms with Crippen LogP contribution in [0.4, 0.5) is 17.6 Å². The zero-order valence-corrected chi connectivity index (χ0v) is 16.3. The second-order valence-electron chi connectivity index (χ2n) is 8.14. The third-order valence-corrected chi connectivity index (χ3v) is 5.58. The summed E-state index contributed by atoms with van der Waals surface area (Å²) in [5.41, 5.74) is -0.734. The summed E-state index contributed by atoms with van der Waals surface area (Å²) in [5, 5.41) is 0. The maximum absolute atomic E-state index is 14.8. The molecule has 0 radical (unpaired) electrons. The molecule has 1 aliphatic heterocycles. The zero-order valence-electron chi connectivity index (χ0n) is 16.3. The summed E-state index contributed by atoms with van der Waals surface area (Å²) in [4.78, 5) is 6.98. The highest BCUT2D eigenvalue weighted by Crippen LogP contribution is 2.37. The Balaban J connectivity index is 1.67. The molecule has 2 heterocycles. The van der Waals surface area contributed by atoms with E-state index in [9.17, 15) is 17.6 Å². The second-order valence-corrected chi connectivity index (χ2v) is 8.14. The molecule has 0 aliphatic carbocycles. The van der Waals surface area contributed by atoms with Crippen molar-refractivity contribution in [1.29, 1.82) is 0 Å². The van der Waals surface area contributed by atoms with Crippen LogP contribution in [0.1, 0.15) is 33.3 Å². The second kappa shape index (κ2) is 6.30. The van der Waals surface area contributed by atoms with Crippen LogP contribution in [0, 0.1) is 5.82 Å². The van der Waals surface area contributed by atoms with E-state index >= 15 is 0 Å². The molecule has 1 saturated heterocycles. The van der Waals surface area contributed by atoms with Crippen molar-refractivity contribution >= 4 is 23.6 Å². The van der Waals surface area contributed by atoms with E-state index in [4.69, 9.17) is 9.31 Å². The van der Waals surface area contributed by atoms with Gasteiger partial charge >= 0.3 is 13.3 Å². The predicted octanol–water partition coefficient (Wildman–Crippen LogP) is 4.69. The Kier molecular flexibility index (Phi) is 4.33. The molecule has 152 valence electrons. The smallest absolute Gasteiger partial charge is 0.399 e. The molecule has 0 amide bonds. The Bertz CT molecular complexity index is 1080. The number of alkyl halides is 3. The van der Waals surface area contributed by atoms with Crippen molar-refractivity contribution in [3.8, 4) is 11.4 Å². The number of aromatic amines is 1. The lowest BCUT2D eigenvalue weighted by Crippen LogP contribution is -2.41. The fourth-order valence-corrected chi connectivity index (χ4v) is 3.16. The summed E-state index contributed by atoms with van der Waals surface area (Å²) in [6, 6.07) is 7.64. The summed E-state index contributed by atoms with van der Waals surface area (Å²) in [6.07, 6.45) is -4.46. The van der Waals surface area contributed by atoms with Gasteiger partial charge in [-0.3, -0.25) is 0 Å². The lowest BCUT2D eigenvalue weighted by atomic mass is 9.78. The van der Waals surface area contributed by atoms with Crippen molar-refractivity contribution < 1.29 is 26.9 Å². The molecule has 1 aliphatic rings. The van der Waals surface area contributed by atoms with E-state index in [1.807, 2.05) is 27.7 Å². The van der Waals surface area contributed by atoms with Crippen LogP contribution in [0.25, 0.3) is 22.4 Å². The number of nitrogens with one attached hydrogen (secondary N) is 1. The number of rotatable bonds is 2. The fourth-order valence-electron chi connectivity index (χ4n) is 3.16. The normalized spacial score (nSPS) is 18.6. The van der Waals surface area contributed by atoms with Crippen molar-refractivity contribution in [2.75, 3.05) is 0 Å². The molecule has 4 nitrogen and oxygen atoms in total. The molecule has 3 aromatic rings. The van der Waals surface area contributed by atoms with Gasteiger partial charge in [-0.1, -0.05) is 6.07 Å². The molecule has 0 spiro atoms. The highest BCUT2D eigenvalue weighted by molar-refractivity contribution is 6.62. The van der Waals surface area contributed by atoms with Crippen LogP contribution >= 0.6 is 0 Å². The summed E-state index contributed by atoms with van der Waals surface area (Å²) in [5.74, 6) is -0.426. The van der Waals surface area contributed by atoms with Gasteiger partial charge in [0.1, 0.15) is 11.6 Å². The fraction of sp³-hybridized carbons (Fsp3) is 0.350. The number of aromatic nitrogens is 2. The molecular weight excluding hydrogens is 387 g/mol. The Morgan fingerprint density at radius 1 is 0.966 bits per heavy atom. The Morgan fingerprint density at radius 2 is 1.62 bits per heavy atom. The van der Waals surface area contributed by atoms with Gasteiger partial charge in [0.05, 0.1) is 33.4 Å². The summed E-state index contributed by atoms with van der Waals surface area (Å²) in [7, 11) is -0.714. The maximum atomic E-state index is 14.8. The van der Waals surface area contributed by atoms with Crippen molar-refractivity contribution in [1.82, 2.24) is 9.97 Å². The van der Waals surface area contributed by atoms with Crippen LogP contribution in [-0.4, -0.2) is 28.3 Å². The van der Waals surface area contributed by atoms with Crippen LogP contribution in [0.2, 0.25) is 0 Å². The lowest BCUT2D eigenvalue weighted by Gasteiger charge is -2.32. The van der Waals surface area contributed by atoms with Gasteiger partial charge in [-0.2, -0.15) is 13.2 Å². The molecule has 9 heteroatoms. The maximum Gasteiger partial charge on any atom is 0.494 e. The summed E-state index contributed by atoms with van der Waals surface area (Å²) < 4.78 is 65.3. The van der Waals surface area contributed by atoms with Crippen molar-refractivity contribution in [2.45, 2.75) is 45.1 Å². The van der Waals surface area contributed by atoms with E-state index in [1.165, 1.54) is 18.2 Å². The molecule has 0 atom stereocenters. The van der Waals surface area contributed by atoms with Gasteiger partial charge in [0.25, 0.3) is 0 Å². The Hall–Kier alpha value is -2.39. The first-order valence-electron chi connectivity index (χ1n) is 9.10. The molecular formula is C20H19BF4N2O2. The van der Waals surface area contributed by atoms with E-state index in [0.717, 1.165) is 12.1 Å². The monoisotopic (exact) mass is 406 g/mol. The molecule has 2 aromatic carbocycles. The van der Waals surface area contributed by atoms with Gasteiger partial charge in [0.15, 0.2) is 0 Å². The Labute approximate surface area is 165 Å². The van der Waals surface area contributed by atoms with Crippen LogP contribution in [0.5, 0.6) is 0 Å². The van der Waals surface area contributed by atoms with E-state index in [-0.39, 0.29) is 16.9 Å². The van der Waals surface area contributed by atoms with E-state index in [2.05, 4.69) is 9.97 Å². The lowest BCUT2D eigenvalue weighted by molar-refractivity contribution is -0.137. The Morgan fingerprint density at radius 3 is 2.21 bits per heavy atom. The van der Waals surface area contributed by atoms with Crippen LogP contribution in [0.3, 0.4) is 0 Å². The van der Waals surface area contributed by atoms with Gasteiger partial charge < -0.3 is 14.3 Å². The topological polar surface area (TPSA) is 47.1 Å². The van der Waals surface area contributed by atoms with Crippen molar-refractivity contribution in [2.24, 2.45) is 0 Å². The van der Waals surface area contributed by atoms with Crippen LogP contribution in [-0.2, 0) is 15.5 Å². The summed E-state index contributed by atoms with van der Waals surface area (Å²) in [6.45, 7) is 7.62. The quantitative estimate of drug-likeness (QED) is 0.497. The van der Waals surface area contributed by atoms with Gasteiger partial charge in [0.2, 0.25) is 0 Å². The molecule has 4 rings (SSSR count). The first-order valence-corrected chi connectivity index (χ1v) is 9.10. The minimum absolute atomic E-state index is 0.148. The van der Waals surface area contributed by atoms with Crippen LogP contribution in [0.15, 0.2) is 36.4 Å². The number of H-pyrrole nitrogens is 1. The number of benzene rings is 2. The van der Waals surface area contributed by atoms with Gasteiger partial charge in [-0.25, -0.2) is 9.37 Å². The van der Waals surface area contributed by atoms with E-state index in [0.29, 0.717) is 11.0 Å². The molecule has 0 saturated carbocycles. The molecule has 29 heavy (non-hydrogen) atoms. The largest absolute Gasteiger partial charge is 0.494 e. The van der Waals surface area contributed by atoms with E-state index < -0.39 is 35.9 Å². The number of halogens is 4. The van der Waals surface area contributed by atoms with Crippen LogP contribution < -0.4 is 5.46 Å². The molecule has 1 aromatic heterocycles. The predicted molar refractivity (Wildman–Crippen MR) is 102 cm³/mol. The highest BCUT2D eigenvalue weighted by Gasteiger charge is 2.51. The minimum Gasteiger partial charge on any atom is -0.399 e. The average Bonchev–Trinajstić information content (AvgIpc) is 3.11. The van der Waals surface area contributed by atoms with Gasteiger partial charge in [-0.05, 0) is 63.5 Å². The van der Waals surface area contributed by atoms with Gasteiger partial charge in [0, 0.05) is 0 Å². The van der Waals surface area contributed by atoms with Crippen molar-refractivity contribution in [3.05, 3.63) is 47.8 Å². The third kappa shape index (κ3) is 3.42. The first kappa shape index (κ1) is 19.9. The average molecular weight is 406 g/mol. The summed E-state index contributed by atoms with van der Waals surface area (Å²) >= 11 is 0. The number of fused-ring (bicyclic) bond motifs is 1. The van der Waals surface area contributed by atoms with Crippen molar-refractivity contribution in [3.63, 3.8) is 0 Å². The zero-order chi connectivity index (χ0) is 21.2. The number of nitrogens with zero attached hydrogens (tertiary/aromatic N) is 1. The molecule has 0 unspecified atom stereocenters. The molecule has 1 N–H and O–H groups in total. The first-order chi connectivity index (χ1) is 13.4. The SMILES string of the molecule is CC1(C)OB(c2ccc(-c3nc4ccc(C(F)(F)F)cc4[nH]3)c(F)c2)OC1(C)C. The molecule has 0 bridgehead atoms. The number of imidazole rings is 1. The molecule has 1 fully saturated rings. The van der Waals surface area contributed by atoms with Gasteiger partial charge in [-0.15, -0.1) is 0 Å². The highest BCUT2D eigenvalue weighted by atomic mass is 19.4. The van der Waals surface area contributed by atoms with E-state index in [1.54, 1.807) is 6.07 Å². The third-order valence-electron chi connectivity index (χ3n) is 5.58. The minimum atomic E-state index is -4.46. The number of hydrogen-bond donors (Lipinski definition) is 1.